The Hall–Kier alpha value is -1.51. The Bertz CT molecular complexity index is 408. The fraction of sp³-hybridized carbons (Fsp3) is 0.222. The normalized spacial score (nSPS) is 10.8. The summed E-state index contributed by atoms with van der Waals surface area (Å²) in [6.07, 6.45) is 2.74. The number of hydrogen-bond acceptors (Lipinski definition) is 2. The number of aromatic amines is 1. The fourth-order valence-corrected chi connectivity index (χ4v) is 1.39. The number of nitrogen functional groups attached to an aromatic ring is 1. The first kappa shape index (κ1) is 7.16. The summed E-state index contributed by atoms with van der Waals surface area (Å²) in [6, 6.07) is 4.08. The van der Waals surface area contributed by atoms with E-state index in [1.165, 1.54) is 5.56 Å². The second kappa shape index (κ2) is 2.52. The van der Waals surface area contributed by atoms with E-state index in [4.69, 9.17) is 5.73 Å². The van der Waals surface area contributed by atoms with Gasteiger partial charge in [-0.1, -0.05) is 19.1 Å². The number of benzene rings is 1. The van der Waals surface area contributed by atoms with Crippen LogP contribution in [0.5, 0.6) is 0 Å². The van der Waals surface area contributed by atoms with Crippen molar-refractivity contribution in [2.45, 2.75) is 13.3 Å². The van der Waals surface area contributed by atoms with Gasteiger partial charge in [-0.25, -0.2) is 0 Å². The molecule has 0 atom stereocenters. The number of aryl methyl sites for hydroxylation is 1. The van der Waals surface area contributed by atoms with Crippen LogP contribution in [0.1, 0.15) is 13.9 Å². The first-order chi connectivity index (χ1) is 5.83. The van der Waals surface area contributed by atoms with Gasteiger partial charge in [0.1, 0.15) is 0 Å². The summed E-state index contributed by atoms with van der Waals surface area (Å²) in [5, 5.41) is 7.89. The highest BCUT2D eigenvalue weighted by atomic mass is 15.1. The molecule has 0 aliphatic rings. The van der Waals surface area contributed by atoms with Crippen molar-refractivity contribution in [1.29, 1.82) is 0 Å². The van der Waals surface area contributed by atoms with Crippen LogP contribution in [0.15, 0.2) is 18.3 Å². The molecule has 0 radical (unpaired) electrons. The Morgan fingerprint density at radius 1 is 1.58 bits per heavy atom. The molecule has 64 valence electrons. The van der Waals surface area contributed by atoms with Gasteiger partial charge in [0.05, 0.1) is 17.4 Å². The third kappa shape index (κ3) is 0.863. The smallest absolute Gasteiger partial charge is 0.0882 e. The fourth-order valence-electron chi connectivity index (χ4n) is 1.39. The van der Waals surface area contributed by atoms with Crippen LogP contribution in [0.25, 0.3) is 10.9 Å². The zero-order valence-corrected chi connectivity index (χ0v) is 6.96. The van der Waals surface area contributed by atoms with Gasteiger partial charge < -0.3 is 5.73 Å². The molecule has 1 aromatic heterocycles. The largest absolute Gasteiger partial charge is 0.397 e. The maximum atomic E-state index is 5.90. The summed E-state index contributed by atoms with van der Waals surface area (Å²) in [7, 11) is 0. The molecule has 0 fully saturated rings. The van der Waals surface area contributed by atoms with Crippen molar-refractivity contribution in [1.82, 2.24) is 10.2 Å². The van der Waals surface area contributed by atoms with Crippen LogP contribution in [-0.2, 0) is 6.42 Å². The number of rotatable bonds is 1. The van der Waals surface area contributed by atoms with E-state index in [0.29, 0.717) is 0 Å². The summed E-state index contributed by atoms with van der Waals surface area (Å²) in [5.74, 6) is 0. The Morgan fingerprint density at radius 2 is 2.42 bits per heavy atom. The molecule has 0 saturated heterocycles. The molecule has 3 heteroatoms. The molecule has 0 bridgehead atoms. The number of nitrogens with zero attached hydrogens (tertiary/aromatic N) is 1. The van der Waals surface area contributed by atoms with Gasteiger partial charge in [0.2, 0.25) is 0 Å². The van der Waals surface area contributed by atoms with Gasteiger partial charge in [-0.2, -0.15) is 5.10 Å². The summed E-state index contributed by atoms with van der Waals surface area (Å²) in [4.78, 5) is 0. The highest BCUT2D eigenvalue weighted by Crippen LogP contribution is 2.22. The van der Waals surface area contributed by atoms with Crippen LogP contribution in [-0.4, -0.2) is 10.2 Å². The maximum absolute atomic E-state index is 5.90. The van der Waals surface area contributed by atoms with Gasteiger partial charge >= 0.3 is 0 Å². The van der Waals surface area contributed by atoms with Crippen LogP contribution in [0, 0.1) is 0 Å². The third-order valence-corrected chi connectivity index (χ3v) is 2.13. The summed E-state index contributed by atoms with van der Waals surface area (Å²) in [5.41, 5.74) is 8.86. The molecule has 1 aromatic carbocycles. The Labute approximate surface area is 72.1 Å². The zero-order valence-electron chi connectivity index (χ0n) is 6.96. The molecule has 2 rings (SSSR count). The molecule has 0 aliphatic heterocycles. The molecule has 0 aliphatic carbocycles. The van der Waals surface area contributed by atoms with Crippen molar-refractivity contribution in [2.75, 3.05) is 5.73 Å². The van der Waals surface area contributed by atoms with Gasteiger partial charge in [0.25, 0.3) is 0 Å². The van der Waals surface area contributed by atoms with E-state index in [2.05, 4.69) is 17.1 Å². The molecule has 12 heavy (non-hydrogen) atoms. The van der Waals surface area contributed by atoms with E-state index < -0.39 is 0 Å². The molecule has 0 amide bonds. The number of H-pyrrole nitrogens is 1. The highest BCUT2D eigenvalue weighted by Gasteiger charge is 2.03. The predicted octanol–water partition coefficient (Wildman–Crippen LogP) is 1.95. The maximum Gasteiger partial charge on any atom is 0.0882 e. The lowest BCUT2D eigenvalue weighted by atomic mass is 10.1. The predicted molar refractivity (Wildman–Crippen MR) is 52.0 cm³/mol. The lowest BCUT2D eigenvalue weighted by molar-refractivity contribution is 1.11. The van der Waals surface area contributed by atoms with E-state index in [-0.39, 0.29) is 1.43 Å². The Kier molecular flexibility index (Phi) is 1.50. The monoisotopic (exact) mass is 163 g/mol. The van der Waals surface area contributed by atoms with Crippen LogP contribution in [0.3, 0.4) is 0 Å². The van der Waals surface area contributed by atoms with Gasteiger partial charge in [-0.3, -0.25) is 5.10 Å². The molecule has 1 heterocycles. The highest BCUT2D eigenvalue weighted by molar-refractivity contribution is 5.90. The minimum atomic E-state index is 0. The quantitative estimate of drug-likeness (QED) is 0.631. The van der Waals surface area contributed by atoms with Crippen molar-refractivity contribution in [3.8, 4) is 0 Å². The van der Waals surface area contributed by atoms with E-state index in [9.17, 15) is 0 Å². The van der Waals surface area contributed by atoms with E-state index in [1.807, 2.05) is 12.1 Å². The lowest BCUT2D eigenvalue weighted by Gasteiger charge is -2.02. The van der Waals surface area contributed by atoms with E-state index in [1.54, 1.807) is 6.20 Å². The number of fused-ring (bicyclic) bond motifs is 1. The van der Waals surface area contributed by atoms with Crippen molar-refractivity contribution >= 4 is 16.6 Å². The third-order valence-electron chi connectivity index (χ3n) is 2.13. The van der Waals surface area contributed by atoms with Gasteiger partial charge in [-0.15, -0.1) is 0 Å². The number of aromatic nitrogens is 2. The van der Waals surface area contributed by atoms with Crippen LogP contribution in [0.4, 0.5) is 5.69 Å². The standard InChI is InChI=1S/C9H11N3.H2/c1-2-6-3-4-7-5-11-12-9(7)8(6)10;/h3-5H,2,10H2,1H3,(H,11,12);1H. The molecule has 0 spiro atoms. The molecule has 0 saturated carbocycles. The number of nitrogens with one attached hydrogen (secondary N) is 1. The second-order valence-corrected chi connectivity index (χ2v) is 2.83. The van der Waals surface area contributed by atoms with E-state index >= 15 is 0 Å². The summed E-state index contributed by atoms with van der Waals surface area (Å²) in [6.45, 7) is 2.09. The molecule has 2 aromatic rings. The molecule has 3 N–H and O–H groups in total. The minimum Gasteiger partial charge on any atom is -0.397 e. The van der Waals surface area contributed by atoms with Crippen molar-refractivity contribution < 1.29 is 1.43 Å². The Morgan fingerprint density at radius 3 is 3.17 bits per heavy atom. The zero-order chi connectivity index (χ0) is 8.55. The average Bonchev–Trinajstić information content (AvgIpc) is 2.53. The summed E-state index contributed by atoms with van der Waals surface area (Å²) < 4.78 is 0. The van der Waals surface area contributed by atoms with Crippen molar-refractivity contribution in [3.05, 3.63) is 23.9 Å². The van der Waals surface area contributed by atoms with Crippen LogP contribution in [0.2, 0.25) is 0 Å². The number of nitrogens with two attached hydrogens (primary N) is 1. The molecular formula is C9H13N3. The van der Waals surface area contributed by atoms with Crippen LogP contribution >= 0.6 is 0 Å². The Balaban J connectivity index is 0.000000845. The lowest BCUT2D eigenvalue weighted by Crippen LogP contribution is -1.93. The molecular weight excluding hydrogens is 150 g/mol. The summed E-state index contributed by atoms with van der Waals surface area (Å²) >= 11 is 0. The molecule has 3 nitrogen and oxygen atoms in total. The van der Waals surface area contributed by atoms with E-state index in [0.717, 1.165) is 23.0 Å². The van der Waals surface area contributed by atoms with Gasteiger partial charge in [0.15, 0.2) is 0 Å². The first-order valence-corrected chi connectivity index (χ1v) is 4.03. The van der Waals surface area contributed by atoms with Gasteiger partial charge in [-0.05, 0) is 12.0 Å². The molecule has 0 unspecified atom stereocenters. The van der Waals surface area contributed by atoms with Crippen molar-refractivity contribution in [2.24, 2.45) is 0 Å². The number of anilines is 1. The SMILES string of the molecule is CCc1ccc2cn[nH]c2c1N.[HH]. The topological polar surface area (TPSA) is 54.7 Å². The second-order valence-electron chi connectivity index (χ2n) is 2.83. The van der Waals surface area contributed by atoms with Gasteiger partial charge in [0, 0.05) is 6.81 Å². The van der Waals surface area contributed by atoms with Crippen molar-refractivity contribution in [3.63, 3.8) is 0 Å². The average molecular weight is 163 g/mol. The number of hydrogen-bond donors (Lipinski definition) is 2. The van der Waals surface area contributed by atoms with Crippen LogP contribution < -0.4 is 5.73 Å². The first-order valence-electron chi connectivity index (χ1n) is 4.03. The minimum absolute atomic E-state index is 0.